The van der Waals surface area contributed by atoms with Crippen molar-refractivity contribution < 1.29 is 18.7 Å². The number of carbonyl (C=O) groups excluding carboxylic acids is 2. The van der Waals surface area contributed by atoms with Gasteiger partial charge in [-0.05, 0) is 43.3 Å². The lowest BCUT2D eigenvalue weighted by Crippen LogP contribution is -2.21. The average Bonchev–Trinajstić information content (AvgIpc) is 3.36. The highest BCUT2D eigenvalue weighted by molar-refractivity contribution is 7.12. The third-order valence-electron chi connectivity index (χ3n) is 4.39. The highest BCUT2D eigenvalue weighted by atomic mass is 32.1. The fourth-order valence-electron chi connectivity index (χ4n) is 3.12. The summed E-state index contributed by atoms with van der Waals surface area (Å²) in [6.45, 7) is 1.80. The Balaban J connectivity index is 1.58. The predicted molar refractivity (Wildman–Crippen MR) is 104 cm³/mol. The number of aryl methyl sites for hydroxylation is 1. The quantitative estimate of drug-likeness (QED) is 0.537. The molecule has 4 rings (SSSR count). The normalized spacial score (nSPS) is 14.5. The van der Waals surface area contributed by atoms with E-state index >= 15 is 0 Å². The predicted octanol–water partition coefficient (Wildman–Crippen LogP) is 3.73. The lowest BCUT2D eigenvalue weighted by Gasteiger charge is -2.13. The Bertz CT molecular complexity index is 1040. The van der Waals surface area contributed by atoms with Crippen LogP contribution >= 0.6 is 11.3 Å². The fraction of sp³-hybridized carbons (Fsp3) is 0.200. The Kier molecular flexibility index (Phi) is 5.03. The zero-order valence-electron chi connectivity index (χ0n) is 15.1. The summed E-state index contributed by atoms with van der Waals surface area (Å²) >= 11 is 1.35. The molecule has 0 bridgehead atoms. The summed E-state index contributed by atoms with van der Waals surface area (Å²) < 4.78 is 11.1. The van der Waals surface area contributed by atoms with Crippen LogP contribution in [0.15, 0.2) is 51.6 Å². The number of hydrazone groups is 1. The van der Waals surface area contributed by atoms with Crippen LogP contribution in [0.5, 0.6) is 5.75 Å². The number of thiophene rings is 1. The molecule has 28 heavy (non-hydrogen) atoms. The highest BCUT2D eigenvalue weighted by Gasteiger charge is 2.29. The number of hydrogen-bond donors (Lipinski definition) is 1. The van der Waals surface area contributed by atoms with Crippen LogP contribution < -0.4 is 10.2 Å². The average molecular weight is 395 g/mol. The highest BCUT2D eigenvalue weighted by Crippen LogP contribution is 2.30. The maximum Gasteiger partial charge on any atom is 0.379 e. The van der Waals surface area contributed by atoms with E-state index < -0.39 is 5.97 Å². The smallest absolute Gasteiger partial charge is 0.379 e. The molecule has 3 heterocycles. The Morgan fingerprint density at radius 3 is 2.93 bits per heavy atom. The molecule has 0 saturated heterocycles. The summed E-state index contributed by atoms with van der Waals surface area (Å²) in [4.78, 5) is 29.2. The third kappa shape index (κ3) is 3.59. The van der Waals surface area contributed by atoms with Gasteiger partial charge in [-0.15, -0.1) is 11.3 Å². The molecule has 0 aliphatic heterocycles. The third-order valence-corrected chi connectivity index (χ3v) is 5.26. The minimum absolute atomic E-state index is 0.146. The molecule has 0 atom stereocenters. The summed E-state index contributed by atoms with van der Waals surface area (Å²) in [5.41, 5.74) is 4.73. The van der Waals surface area contributed by atoms with Crippen molar-refractivity contribution in [1.29, 1.82) is 0 Å². The largest absolute Gasteiger partial charge is 0.453 e. The summed E-state index contributed by atoms with van der Waals surface area (Å²) in [5, 5.41) is 6.13. The molecule has 3 aromatic rings. The van der Waals surface area contributed by atoms with E-state index in [1.807, 2.05) is 11.4 Å². The van der Waals surface area contributed by atoms with Gasteiger partial charge in [0.1, 0.15) is 11.5 Å². The van der Waals surface area contributed by atoms with Crippen molar-refractivity contribution in [3.8, 4) is 5.75 Å². The minimum Gasteiger partial charge on any atom is -0.453 e. The summed E-state index contributed by atoms with van der Waals surface area (Å²) in [7, 11) is 0. The number of amides is 1. The molecule has 3 aromatic heterocycles. The van der Waals surface area contributed by atoms with Gasteiger partial charge < -0.3 is 9.15 Å². The first-order valence-corrected chi connectivity index (χ1v) is 9.66. The number of fused-ring (bicyclic) bond motifs is 1. The molecule has 0 aromatic carbocycles. The number of ether oxygens (including phenoxy) is 1. The Labute approximate surface area is 165 Å². The molecule has 0 fully saturated rings. The molecular formula is C20H17N3O4S. The fourth-order valence-corrected chi connectivity index (χ4v) is 3.73. The van der Waals surface area contributed by atoms with E-state index in [1.54, 1.807) is 31.3 Å². The van der Waals surface area contributed by atoms with Crippen molar-refractivity contribution >= 4 is 28.9 Å². The molecule has 8 heteroatoms. The molecule has 0 saturated carbocycles. The maximum atomic E-state index is 12.5. The first kappa shape index (κ1) is 18.1. The Hall–Kier alpha value is -3.26. The topological polar surface area (TPSA) is 93.8 Å². The molecule has 0 unspecified atom stereocenters. The molecular weight excluding hydrogens is 378 g/mol. The van der Waals surface area contributed by atoms with Crippen LogP contribution in [-0.2, 0) is 6.42 Å². The van der Waals surface area contributed by atoms with Crippen LogP contribution in [0.25, 0.3) is 0 Å². The number of rotatable bonds is 4. The summed E-state index contributed by atoms with van der Waals surface area (Å²) in [5.74, 6) is 0.339. The number of carbonyl (C=O) groups is 2. The van der Waals surface area contributed by atoms with Crippen LogP contribution in [0.3, 0.4) is 0 Å². The zero-order chi connectivity index (χ0) is 19.5. The molecule has 1 aliphatic rings. The van der Waals surface area contributed by atoms with Gasteiger partial charge in [0, 0.05) is 23.7 Å². The van der Waals surface area contributed by atoms with Gasteiger partial charge in [-0.3, -0.25) is 9.78 Å². The molecule has 0 radical (unpaired) electrons. The van der Waals surface area contributed by atoms with Gasteiger partial charge in [0.05, 0.1) is 16.8 Å². The monoisotopic (exact) mass is 395 g/mol. The van der Waals surface area contributed by atoms with Crippen molar-refractivity contribution in [1.82, 2.24) is 10.4 Å². The molecule has 0 spiro atoms. The molecule has 7 nitrogen and oxygen atoms in total. The van der Waals surface area contributed by atoms with Crippen molar-refractivity contribution in [3.63, 3.8) is 0 Å². The number of esters is 1. The van der Waals surface area contributed by atoms with E-state index in [0.717, 1.165) is 12.0 Å². The van der Waals surface area contributed by atoms with Gasteiger partial charge >= 0.3 is 5.97 Å². The Morgan fingerprint density at radius 2 is 2.18 bits per heavy atom. The SMILES string of the molecule is Cc1c(C(=O)Oc2cccnc2)oc2c1/C(=N/NC(=O)c1cccs1)CCC2. The molecule has 1 aliphatic carbocycles. The van der Waals surface area contributed by atoms with Crippen LogP contribution in [0.4, 0.5) is 0 Å². The van der Waals surface area contributed by atoms with Crippen LogP contribution in [0.2, 0.25) is 0 Å². The number of furan rings is 1. The lowest BCUT2D eigenvalue weighted by atomic mass is 9.93. The summed E-state index contributed by atoms with van der Waals surface area (Å²) in [6.07, 6.45) is 5.28. The molecule has 142 valence electrons. The van der Waals surface area contributed by atoms with Gasteiger partial charge in [0.15, 0.2) is 0 Å². The van der Waals surface area contributed by atoms with E-state index in [-0.39, 0.29) is 11.7 Å². The van der Waals surface area contributed by atoms with Crippen molar-refractivity contribution in [2.45, 2.75) is 26.2 Å². The first-order chi connectivity index (χ1) is 13.6. The van der Waals surface area contributed by atoms with Crippen molar-refractivity contribution in [2.75, 3.05) is 0 Å². The standard InChI is InChI=1S/C20H17N3O4S/c1-12-17-14(22-23-19(24)16-8-4-10-28-16)6-2-7-15(17)27-18(12)20(25)26-13-5-3-9-21-11-13/h3-5,8-11H,2,6-7H2,1H3,(H,23,24)/b22-14+. The van der Waals surface area contributed by atoms with E-state index in [9.17, 15) is 9.59 Å². The van der Waals surface area contributed by atoms with Crippen LogP contribution in [0.1, 0.15) is 50.0 Å². The van der Waals surface area contributed by atoms with E-state index in [4.69, 9.17) is 9.15 Å². The number of pyridine rings is 1. The second-order valence-corrected chi connectivity index (χ2v) is 7.21. The van der Waals surface area contributed by atoms with Gasteiger partial charge in [0.2, 0.25) is 5.76 Å². The number of nitrogens with one attached hydrogen (secondary N) is 1. The van der Waals surface area contributed by atoms with Crippen LogP contribution in [-0.4, -0.2) is 22.6 Å². The lowest BCUT2D eigenvalue weighted by molar-refractivity contribution is 0.0697. The minimum atomic E-state index is -0.582. The van der Waals surface area contributed by atoms with Gasteiger partial charge in [0.25, 0.3) is 5.91 Å². The van der Waals surface area contributed by atoms with E-state index in [1.165, 1.54) is 17.5 Å². The second-order valence-electron chi connectivity index (χ2n) is 6.26. The zero-order valence-corrected chi connectivity index (χ0v) is 15.9. The first-order valence-electron chi connectivity index (χ1n) is 8.78. The van der Waals surface area contributed by atoms with Crippen LogP contribution in [0, 0.1) is 6.92 Å². The maximum absolute atomic E-state index is 12.5. The number of aromatic nitrogens is 1. The van der Waals surface area contributed by atoms with Gasteiger partial charge in [-0.1, -0.05) is 6.07 Å². The summed E-state index contributed by atoms with van der Waals surface area (Å²) in [6, 6.07) is 6.88. The van der Waals surface area contributed by atoms with E-state index in [2.05, 4.69) is 15.5 Å². The van der Waals surface area contributed by atoms with E-state index in [0.29, 0.717) is 40.5 Å². The Morgan fingerprint density at radius 1 is 1.29 bits per heavy atom. The second kappa shape index (κ2) is 7.77. The van der Waals surface area contributed by atoms with Crippen molar-refractivity contribution in [3.05, 3.63) is 69.6 Å². The molecule has 1 amide bonds. The van der Waals surface area contributed by atoms with Gasteiger partial charge in [-0.2, -0.15) is 5.10 Å². The van der Waals surface area contributed by atoms with Gasteiger partial charge in [-0.25, -0.2) is 10.2 Å². The molecule has 1 N–H and O–H groups in total. The number of nitrogens with zero attached hydrogens (tertiary/aromatic N) is 2. The number of hydrogen-bond acceptors (Lipinski definition) is 7. The van der Waals surface area contributed by atoms with Crippen molar-refractivity contribution in [2.24, 2.45) is 5.10 Å².